The second-order valence-electron chi connectivity index (χ2n) is 0.816. The van der Waals surface area contributed by atoms with Crippen molar-refractivity contribution < 1.29 is 37.8 Å². The average Bonchev–Trinajstić information content (AvgIpc) is 1.39. The number of aliphatic hydroxyl groups is 1. The van der Waals surface area contributed by atoms with Gasteiger partial charge in [-0.3, -0.25) is 0 Å². The first-order valence-electron chi connectivity index (χ1n) is 2.23. The molecule has 0 aliphatic heterocycles. The van der Waals surface area contributed by atoms with E-state index in [1.54, 1.807) is 6.92 Å². The molecule has 0 unspecified atom stereocenters. The van der Waals surface area contributed by atoms with Gasteiger partial charge in [0, 0.05) is 39.3 Å². The first-order valence-corrected chi connectivity index (χ1v) is 2.23. The van der Waals surface area contributed by atoms with E-state index in [-0.39, 0.29) is 39.3 Å². The van der Waals surface area contributed by atoms with Crippen LogP contribution in [0.4, 0.5) is 0 Å². The predicted octanol–water partition coefficient (Wildman–Crippen LogP) is 1.23. The molecule has 0 aliphatic rings. The average molecular weight is 178 g/mol. The SMILES string of the molecule is CCO.[CH2-]CC.[Y]. The van der Waals surface area contributed by atoms with Gasteiger partial charge < -0.3 is 12.0 Å². The van der Waals surface area contributed by atoms with E-state index in [4.69, 9.17) is 5.11 Å². The monoisotopic (exact) mass is 178 g/mol. The zero-order valence-corrected chi connectivity index (χ0v) is 7.98. The van der Waals surface area contributed by atoms with Gasteiger partial charge in [0.2, 0.25) is 0 Å². The van der Waals surface area contributed by atoms with Crippen LogP contribution in [0.3, 0.4) is 0 Å². The van der Waals surface area contributed by atoms with Crippen LogP contribution in [0.25, 0.3) is 0 Å². The molecule has 0 spiro atoms. The standard InChI is InChI=1S/C3H7.C2H6O.Y/c1-3-2;1-2-3;/h1,3H2,2H3;3H,2H2,1H3;/q-1;;. The summed E-state index contributed by atoms with van der Waals surface area (Å²) < 4.78 is 0. The van der Waals surface area contributed by atoms with E-state index in [0.29, 0.717) is 0 Å². The van der Waals surface area contributed by atoms with Gasteiger partial charge in [0.15, 0.2) is 0 Å². The van der Waals surface area contributed by atoms with Gasteiger partial charge in [0.05, 0.1) is 0 Å². The molecule has 7 heavy (non-hydrogen) atoms. The zero-order valence-electron chi connectivity index (χ0n) is 5.15. The largest absolute Gasteiger partial charge is 0.397 e. The van der Waals surface area contributed by atoms with Crippen molar-refractivity contribution in [2.24, 2.45) is 0 Å². The molecule has 0 heterocycles. The van der Waals surface area contributed by atoms with Crippen LogP contribution >= 0.6 is 0 Å². The van der Waals surface area contributed by atoms with E-state index >= 15 is 0 Å². The smallest absolute Gasteiger partial charge is 0.0402 e. The molecule has 0 fully saturated rings. The molecule has 1 radical (unpaired) electrons. The van der Waals surface area contributed by atoms with Gasteiger partial charge in [-0.15, -0.1) is 0 Å². The van der Waals surface area contributed by atoms with Crippen LogP contribution in [0.5, 0.6) is 0 Å². The molecule has 43 valence electrons. The van der Waals surface area contributed by atoms with Crippen molar-refractivity contribution in [3.05, 3.63) is 6.92 Å². The third-order valence-corrected chi connectivity index (χ3v) is 0. The topological polar surface area (TPSA) is 20.2 Å². The minimum absolute atomic E-state index is 0. The Balaban J connectivity index is -0.0000000400. The molecule has 0 rings (SSSR count). The molecule has 0 bridgehead atoms. The Morgan fingerprint density at radius 1 is 1.43 bits per heavy atom. The fourth-order valence-corrected chi connectivity index (χ4v) is 0. The Bertz CT molecular complexity index is 10.0. The Hall–Kier alpha value is 1.06. The summed E-state index contributed by atoms with van der Waals surface area (Å²) in [5.74, 6) is 0. The number of hydrogen-bond acceptors (Lipinski definition) is 1. The Labute approximate surface area is 71.4 Å². The maximum absolute atomic E-state index is 7.57. The van der Waals surface area contributed by atoms with Crippen LogP contribution in [0.1, 0.15) is 20.3 Å². The molecule has 1 N–H and O–H groups in total. The Kier molecular flexibility index (Phi) is 62.0. The van der Waals surface area contributed by atoms with E-state index in [2.05, 4.69) is 6.92 Å². The van der Waals surface area contributed by atoms with Gasteiger partial charge in [-0.05, 0) is 6.92 Å². The first-order chi connectivity index (χ1) is 2.83. The molecule has 0 amide bonds. The third kappa shape index (κ3) is 160. The Morgan fingerprint density at radius 2 is 1.43 bits per heavy atom. The molecule has 2 heteroatoms. The second-order valence-corrected chi connectivity index (χ2v) is 0.816. The fraction of sp³-hybridized carbons (Fsp3) is 0.800. The van der Waals surface area contributed by atoms with Gasteiger partial charge in [-0.2, -0.15) is 6.42 Å². The van der Waals surface area contributed by atoms with Crippen molar-refractivity contribution >= 4 is 0 Å². The molecule has 0 saturated carbocycles. The third-order valence-electron chi connectivity index (χ3n) is 0. The molecule has 0 aromatic heterocycles. The number of hydrogen-bond donors (Lipinski definition) is 1. The minimum Gasteiger partial charge on any atom is -0.397 e. The molecular formula is C5H13OY-. The molecule has 0 aliphatic carbocycles. The number of rotatable bonds is 0. The van der Waals surface area contributed by atoms with Gasteiger partial charge in [0.1, 0.15) is 0 Å². The summed E-state index contributed by atoms with van der Waals surface area (Å²) in [6.45, 7) is 7.43. The summed E-state index contributed by atoms with van der Waals surface area (Å²) in [4.78, 5) is 0. The summed E-state index contributed by atoms with van der Waals surface area (Å²) in [7, 11) is 0. The van der Waals surface area contributed by atoms with Crippen molar-refractivity contribution in [1.82, 2.24) is 0 Å². The van der Waals surface area contributed by atoms with Crippen LogP contribution in [0.15, 0.2) is 0 Å². The van der Waals surface area contributed by atoms with Gasteiger partial charge in [-0.1, -0.05) is 6.92 Å². The normalized spacial score (nSPS) is 5.14. The second kappa shape index (κ2) is 27.7. The summed E-state index contributed by atoms with van der Waals surface area (Å²) in [5, 5.41) is 7.57. The molecular weight excluding hydrogens is 165 g/mol. The van der Waals surface area contributed by atoms with E-state index in [1.165, 1.54) is 0 Å². The molecule has 0 aromatic carbocycles. The molecule has 0 aromatic rings. The van der Waals surface area contributed by atoms with Crippen LogP contribution in [0, 0.1) is 6.92 Å². The van der Waals surface area contributed by atoms with Gasteiger partial charge in [-0.25, -0.2) is 0 Å². The van der Waals surface area contributed by atoms with E-state index in [9.17, 15) is 0 Å². The van der Waals surface area contributed by atoms with Crippen molar-refractivity contribution in [3.63, 3.8) is 0 Å². The minimum atomic E-state index is 0. The predicted molar refractivity (Wildman–Crippen MR) is 28.4 cm³/mol. The van der Waals surface area contributed by atoms with Crippen molar-refractivity contribution in [2.75, 3.05) is 6.61 Å². The Morgan fingerprint density at radius 3 is 1.43 bits per heavy atom. The number of aliphatic hydroxyl groups excluding tert-OH is 1. The van der Waals surface area contributed by atoms with Crippen LogP contribution in [-0.4, -0.2) is 11.7 Å². The summed E-state index contributed by atoms with van der Waals surface area (Å²) in [5.41, 5.74) is 0. The summed E-state index contributed by atoms with van der Waals surface area (Å²) in [6.07, 6.45) is 1.00. The fourth-order valence-electron chi connectivity index (χ4n) is 0. The maximum Gasteiger partial charge on any atom is 0.0402 e. The van der Waals surface area contributed by atoms with Crippen LogP contribution in [-0.2, 0) is 32.7 Å². The van der Waals surface area contributed by atoms with Crippen LogP contribution in [0.2, 0.25) is 0 Å². The molecule has 0 atom stereocenters. The van der Waals surface area contributed by atoms with Crippen molar-refractivity contribution in [2.45, 2.75) is 20.3 Å². The quantitative estimate of drug-likeness (QED) is 0.553. The van der Waals surface area contributed by atoms with Gasteiger partial charge >= 0.3 is 0 Å². The molecule has 0 saturated heterocycles. The summed E-state index contributed by atoms with van der Waals surface area (Å²) in [6, 6.07) is 0. The summed E-state index contributed by atoms with van der Waals surface area (Å²) >= 11 is 0. The van der Waals surface area contributed by atoms with E-state index in [1.807, 2.05) is 6.92 Å². The zero-order chi connectivity index (χ0) is 5.41. The van der Waals surface area contributed by atoms with Crippen molar-refractivity contribution in [1.29, 1.82) is 0 Å². The van der Waals surface area contributed by atoms with E-state index in [0.717, 1.165) is 6.42 Å². The molecule has 1 nitrogen and oxygen atoms in total. The maximum atomic E-state index is 7.57. The van der Waals surface area contributed by atoms with Crippen molar-refractivity contribution in [3.8, 4) is 0 Å². The first kappa shape index (κ1) is 15.7. The van der Waals surface area contributed by atoms with E-state index < -0.39 is 0 Å². The van der Waals surface area contributed by atoms with Crippen LogP contribution < -0.4 is 0 Å². The van der Waals surface area contributed by atoms with Gasteiger partial charge in [0.25, 0.3) is 0 Å².